The fraction of sp³-hybridized carbons (Fsp3) is 0.533. The zero-order valence-corrected chi connectivity index (χ0v) is 11.8. The first kappa shape index (κ1) is 14.7. The molecule has 5 nitrogen and oxygen atoms in total. The Morgan fingerprint density at radius 1 is 1.45 bits per heavy atom. The molecule has 1 fully saturated rings. The van der Waals surface area contributed by atoms with Crippen LogP contribution in [0.4, 0.5) is 5.69 Å². The van der Waals surface area contributed by atoms with Crippen LogP contribution in [-0.2, 0) is 0 Å². The molecule has 1 aliphatic carbocycles. The lowest BCUT2D eigenvalue weighted by Crippen LogP contribution is -2.45. The Kier molecular flexibility index (Phi) is 4.84. The average Bonchev–Trinajstić information content (AvgIpc) is 2.35. The van der Waals surface area contributed by atoms with Crippen LogP contribution in [-0.4, -0.2) is 41.7 Å². The van der Waals surface area contributed by atoms with Crippen LogP contribution < -0.4 is 10.5 Å². The highest BCUT2D eigenvalue weighted by Crippen LogP contribution is 2.27. The van der Waals surface area contributed by atoms with Crippen molar-refractivity contribution in [3.8, 4) is 5.75 Å². The lowest BCUT2D eigenvalue weighted by Gasteiger charge is -2.37. The van der Waals surface area contributed by atoms with Gasteiger partial charge in [-0.25, -0.2) is 0 Å². The summed E-state index contributed by atoms with van der Waals surface area (Å²) >= 11 is 0. The van der Waals surface area contributed by atoms with Gasteiger partial charge in [-0.15, -0.1) is 0 Å². The quantitative estimate of drug-likeness (QED) is 0.776. The van der Waals surface area contributed by atoms with Crippen LogP contribution in [0.5, 0.6) is 5.75 Å². The van der Waals surface area contributed by atoms with Crippen molar-refractivity contribution >= 4 is 11.6 Å². The van der Waals surface area contributed by atoms with Crippen molar-refractivity contribution < 1.29 is 14.6 Å². The number of anilines is 1. The Morgan fingerprint density at radius 2 is 2.20 bits per heavy atom. The molecule has 0 spiro atoms. The number of nitrogens with two attached hydrogens (primary N) is 1. The minimum atomic E-state index is -0.0861. The lowest BCUT2D eigenvalue weighted by atomic mass is 9.91. The van der Waals surface area contributed by atoms with E-state index in [4.69, 9.17) is 15.6 Å². The number of hydrogen-bond donors (Lipinski definition) is 2. The minimum absolute atomic E-state index is 0.0249. The number of nitrogen functional groups attached to an aromatic ring is 1. The van der Waals surface area contributed by atoms with Crippen molar-refractivity contribution in [2.75, 3.05) is 25.5 Å². The highest BCUT2D eigenvalue weighted by Gasteiger charge is 2.29. The number of rotatable bonds is 6. The highest BCUT2D eigenvalue weighted by atomic mass is 16.5. The van der Waals surface area contributed by atoms with Crippen molar-refractivity contribution in [3.63, 3.8) is 0 Å². The Labute approximate surface area is 119 Å². The van der Waals surface area contributed by atoms with E-state index in [1.165, 1.54) is 0 Å². The van der Waals surface area contributed by atoms with Crippen LogP contribution in [0, 0.1) is 0 Å². The number of benzene rings is 1. The van der Waals surface area contributed by atoms with Gasteiger partial charge >= 0.3 is 0 Å². The molecule has 1 aromatic carbocycles. The van der Waals surface area contributed by atoms with Gasteiger partial charge in [0.25, 0.3) is 5.91 Å². The lowest BCUT2D eigenvalue weighted by molar-refractivity contribution is 0.0525. The van der Waals surface area contributed by atoms with E-state index in [1.807, 2.05) is 6.92 Å². The Morgan fingerprint density at radius 3 is 2.75 bits per heavy atom. The van der Waals surface area contributed by atoms with E-state index < -0.39 is 0 Å². The van der Waals surface area contributed by atoms with Gasteiger partial charge in [0.2, 0.25) is 0 Å². The summed E-state index contributed by atoms with van der Waals surface area (Å²) in [4.78, 5) is 14.3. The monoisotopic (exact) mass is 278 g/mol. The van der Waals surface area contributed by atoms with Gasteiger partial charge in [-0.1, -0.05) is 0 Å². The van der Waals surface area contributed by atoms with Gasteiger partial charge in [-0.05, 0) is 38.3 Å². The first-order valence-corrected chi connectivity index (χ1v) is 7.11. The zero-order chi connectivity index (χ0) is 14.5. The molecule has 1 aliphatic rings. The van der Waals surface area contributed by atoms with Crippen LogP contribution in [0.25, 0.3) is 0 Å². The summed E-state index contributed by atoms with van der Waals surface area (Å²) < 4.78 is 5.42. The molecule has 0 bridgehead atoms. The predicted molar refractivity (Wildman–Crippen MR) is 77.8 cm³/mol. The molecule has 0 aliphatic heterocycles. The number of carbonyl (C=O) groups is 1. The van der Waals surface area contributed by atoms with Crippen LogP contribution >= 0.6 is 0 Å². The van der Waals surface area contributed by atoms with Crippen LogP contribution in [0.15, 0.2) is 18.2 Å². The summed E-state index contributed by atoms with van der Waals surface area (Å²) in [6.45, 7) is 2.75. The van der Waals surface area contributed by atoms with E-state index >= 15 is 0 Å². The number of hydrogen-bond acceptors (Lipinski definition) is 4. The summed E-state index contributed by atoms with van der Waals surface area (Å²) in [5.74, 6) is 0.519. The zero-order valence-electron chi connectivity index (χ0n) is 11.8. The van der Waals surface area contributed by atoms with Crippen molar-refractivity contribution in [2.45, 2.75) is 32.2 Å². The first-order valence-electron chi connectivity index (χ1n) is 7.11. The Bertz CT molecular complexity index is 472. The predicted octanol–water partition coefficient (Wildman–Crippen LogP) is 1.65. The van der Waals surface area contributed by atoms with E-state index in [0.717, 1.165) is 19.3 Å². The smallest absolute Gasteiger partial charge is 0.254 e. The van der Waals surface area contributed by atoms with Crippen LogP contribution in [0.1, 0.15) is 36.5 Å². The topological polar surface area (TPSA) is 75.8 Å². The summed E-state index contributed by atoms with van der Waals surface area (Å²) in [7, 11) is 0. The largest absolute Gasteiger partial charge is 0.494 e. The molecule has 0 radical (unpaired) electrons. The summed E-state index contributed by atoms with van der Waals surface area (Å²) in [5.41, 5.74) is 6.86. The maximum atomic E-state index is 12.6. The van der Waals surface area contributed by atoms with Gasteiger partial charge in [0, 0.05) is 29.9 Å². The molecular formula is C15H22N2O3. The molecule has 0 heterocycles. The van der Waals surface area contributed by atoms with Gasteiger partial charge < -0.3 is 20.5 Å². The van der Waals surface area contributed by atoms with E-state index in [-0.39, 0.29) is 18.6 Å². The fourth-order valence-electron chi connectivity index (χ4n) is 2.42. The molecule has 0 unspecified atom stereocenters. The van der Waals surface area contributed by atoms with Crippen molar-refractivity contribution in [1.82, 2.24) is 4.90 Å². The molecule has 110 valence electrons. The van der Waals surface area contributed by atoms with Crippen LogP contribution in [0.2, 0.25) is 0 Å². The Hall–Kier alpha value is -1.75. The molecule has 1 saturated carbocycles. The number of aliphatic hydroxyl groups is 1. The number of carbonyl (C=O) groups excluding carboxylic acids is 1. The minimum Gasteiger partial charge on any atom is -0.494 e. The van der Waals surface area contributed by atoms with Gasteiger partial charge in [-0.3, -0.25) is 4.79 Å². The molecular weight excluding hydrogens is 256 g/mol. The summed E-state index contributed by atoms with van der Waals surface area (Å²) in [6.07, 6.45) is 3.15. The molecule has 0 saturated heterocycles. The average molecular weight is 278 g/mol. The number of aliphatic hydroxyl groups excluding tert-OH is 1. The second-order valence-electron chi connectivity index (χ2n) is 5.03. The van der Waals surface area contributed by atoms with Crippen LogP contribution in [0.3, 0.4) is 0 Å². The third-order valence-electron chi connectivity index (χ3n) is 3.60. The summed E-state index contributed by atoms with van der Waals surface area (Å²) in [6, 6.07) is 5.32. The first-order chi connectivity index (χ1) is 9.65. The maximum absolute atomic E-state index is 12.6. The summed E-state index contributed by atoms with van der Waals surface area (Å²) in [5, 5.41) is 9.15. The van der Waals surface area contributed by atoms with Crippen molar-refractivity contribution in [1.29, 1.82) is 0 Å². The second-order valence-corrected chi connectivity index (χ2v) is 5.03. The fourth-order valence-corrected chi connectivity index (χ4v) is 2.42. The molecule has 0 aromatic heterocycles. The maximum Gasteiger partial charge on any atom is 0.254 e. The Balaban J connectivity index is 2.21. The third kappa shape index (κ3) is 3.22. The molecule has 1 amide bonds. The molecule has 2 rings (SSSR count). The van der Waals surface area contributed by atoms with Crippen molar-refractivity contribution in [2.24, 2.45) is 0 Å². The molecule has 20 heavy (non-hydrogen) atoms. The van der Waals surface area contributed by atoms with E-state index in [2.05, 4.69) is 0 Å². The highest BCUT2D eigenvalue weighted by molar-refractivity contribution is 5.95. The second kappa shape index (κ2) is 6.61. The van der Waals surface area contributed by atoms with Gasteiger partial charge in [0.05, 0.1) is 13.2 Å². The molecule has 1 aromatic rings. The van der Waals surface area contributed by atoms with Gasteiger partial charge in [0.15, 0.2) is 0 Å². The SMILES string of the molecule is CCOc1cc(N)cc(C(=O)N(CCO)C2CCC2)c1. The number of amides is 1. The van der Waals surface area contributed by atoms with Gasteiger partial charge in [0.1, 0.15) is 5.75 Å². The number of ether oxygens (including phenoxy) is 1. The van der Waals surface area contributed by atoms with Gasteiger partial charge in [-0.2, -0.15) is 0 Å². The third-order valence-corrected chi connectivity index (χ3v) is 3.60. The molecule has 0 atom stereocenters. The van der Waals surface area contributed by atoms with E-state index in [1.54, 1.807) is 23.1 Å². The standard InChI is InChI=1S/C15H22N2O3/c1-2-20-14-9-11(8-12(16)10-14)15(19)17(6-7-18)13-4-3-5-13/h8-10,13,18H,2-7,16H2,1H3. The van der Waals surface area contributed by atoms with Crippen molar-refractivity contribution in [3.05, 3.63) is 23.8 Å². The molecule has 3 N–H and O–H groups in total. The van der Waals surface area contributed by atoms with E-state index in [9.17, 15) is 4.79 Å². The number of nitrogens with zero attached hydrogens (tertiary/aromatic N) is 1. The van der Waals surface area contributed by atoms with E-state index in [0.29, 0.717) is 30.2 Å². The molecule has 5 heteroatoms. The normalized spacial score (nSPS) is 14.7.